The molecule has 256 valence electrons. The van der Waals surface area contributed by atoms with Gasteiger partial charge in [-0.2, -0.15) is 59.7 Å². The molecule has 4 aliphatic rings. The van der Waals surface area contributed by atoms with Crippen LogP contribution in [-0.4, -0.2) is 6.41 Å². The molecule has 0 saturated heterocycles. The molecule has 8 rings (SSSR count). The van der Waals surface area contributed by atoms with Crippen molar-refractivity contribution < 1.29 is 73.3 Å². The van der Waals surface area contributed by atoms with E-state index in [0.29, 0.717) is 0 Å². The van der Waals surface area contributed by atoms with Crippen LogP contribution in [0.3, 0.4) is 0 Å². The van der Waals surface area contributed by atoms with E-state index in [1.165, 1.54) is 73.2 Å². The normalized spacial score (nSPS) is 12.1. The van der Waals surface area contributed by atoms with Crippen LogP contribution in [0.15, 0.2) is 97.1 Å². The van der Waals surface area contributed by atoms with Crippen molar-refractivity contribution in [3.8, 4) is 22.3 Å². The number of hydrogen-bond donors (Lipinski definition) is 0. The molecule has 4 aromatic carbocycles. The average Bonchev–Trinajstić information content (AvgIpc) is 3.84. The van der Waals surface area contributed by atoms with Crippen molar-refractivity contribution in [1.82, 2.24) is 0 Å². The summed E-state index contributed by atoms with van der Waals surface area (Å²) in [6.45, 7) is 17.0. The van der Waals surface area contributed by atoms with E-state index in [2.05, 4.69) is 152 Å². The van der Waals surface area contributed by atoms with Gasteiger partial charge in [0.15, 0.2) is 0 Å². The van der Waals surface area contributed by atoms with Gasteiger partial charge in [0.05, 0.1) is 0 Å². The van der Waals surface area contributed by atoms with E-state index in [-0.39, 0.29) is 24.8 Å². The molecule has 0 nitrogen and oxygen atoms in total. The third-order valence-corrected chi connectivity index (χ3v) is 7.35. The van der Waals surface area contributed by atoms with Crippen molar-refractivity contribution in [3.63, 3.8) is 0 Å². The maximum atomic E-state index is 3.45. The van der Waals surface area contributed by atoms with Gasteiger partial charge in [-0.15, -0.1) is 35.1 Å². The minimum absolute atomic E-state index is 0. The summed E-state index contributed by atoms with van der Waals surface area (Å²) in [6, 6.07) is 29.1. The van der Waals surface area contributed by atoms with E-state index in [4.69, 9.17) is 0 Å². The third-order valence-electron chi connectivity index (χ3n) is 7.35. The van der Waals surface area contributed by atoms with Crippen LogP contribution in [0, 0.1) is 52.0 Å². The Morgan fingerprint density at radius 2 is 0.860 bits per heavy atom. The van der Waals surface area contributed by atoms with E-state index in [1.807, 2.05) is 24.3 Å². The first-order valence-corrected chi connectivity index (χ1v) is 19.1. The second-order valence-electron chi connectivity index (χ2n) is 12.7. The van der Waals surface area contributed by atoms with Crippen LogP contribution in [0.25, 0.3) is 22.3 Å². The maximum Gasteiger partial charge on any atom is -0.0253 e. The van der Waals surface area contributed by atoms with Crippen molar-refractivity contribution in [2.45, 2.75) is 81.1 Å². The van der Waals surface area contributed by atoms with Crippen LogP contribution >= 0.6 is 0 Å². The van der Waals surface area contributed by atoms with Crippen LogP contribution in [-0.2, 0) is 61.3 Å². The molecule has 4 heteroatoms. The van der Waals surface area contributed by atoms with E-state index in [1.54, 1.807) is 48.5 Å². The van der Waals surface area contributed by atoms with Crippen LogP contribution in [0.4, 0.5) is 0 Å². The van der Waals surface area contributed by atoms with E-state index < -0.39 is 0 Å². The Balaban J connectivity index is 0.000000331. The first-order chi connectivity index (χ1) is 22.9. The van der Waals surface area contributed by atoms with Gasteiger partial charge in [-0.3, -0.25) is 12.2 Å². The number of hydrogen-bond acceptors (Lipinski definition) is 0. The van der Waals surface area contributed by atoms with Gasteiger partial charge in [-0.25, -0.2) is 24.3 Å². The predicted molar refractivity (Wildman–Crippen MR) is 202 cm³/mol. The van der Waals surface area contributed by atoms with Crippen LogP contribution in [0.1, 0.15) is 85.0 Å². The van der Waals surface area contributed by atoms with Gasteiger partial charge in [0, 0.05) is 0 Å². The Kier molecular flexibility index (Phi) is 22.3. The molecular formula is C46H48Cl2Zr2-2. The van der Waals surface area contributed by atoms with Crippen LogP contribution in [0.2, 0.25) is 0 Å². The van der Waals surface area contributed by atoms with Crippen molar-refractivity contribution in [2.24, 2.45) is 0 Å². The van der Waals surface area contributed by atoms with E-state index in [9.17, 15) is 0 Å². The first-order valence-electron chi connectivity index (χ1n) is 16.6. The average molecular weight is 854 g/mol. The second kappa shape index (κ2) is 24.2. The zero-order chi connectivity index (χ0) is 35.1. The van der Waals surface area contributed by atoms with Crippen molar-refractivity contribution in [2.75, 3.05) is 0 Å². The van der Waals surface area contributed by atoms with Gasteiger partial charge in [-0.1, -0.05) is 72.5 Å². The van der Waals surface area contributed by atoms with Crippen molar-refractivity contribution >= 4 is 6.41 Å². The molecule has 0 amide bonds. The number of rotatable bonds is 0. The molecule has 0 radical (unpaired) electrons. The Morgan fingerprint density at radius 1 is 0.520 bits per heavy atom. The summed E-state index contributed by atoms with van der Waals surface area (Å²) in [7, 11) is 0. The minimum atomic E-state index is 0. The monoisotopic (exact) mass is 850 g/mol. The molecule has 0 fully saturated rings. The zero-order valence-electron chi connectivity index (χ0n) is 30.8. The predicted octanol–water partition coefficient (Wildman–Crippen LogP) is 5.46. The van der Waals surface area contributed by atoms with Gasteiger partial charge >= 0.3 is 82.6 Å². The second-order valence-corrected chi connectivity index (χ2v) is 17.7. The first kappa shape index (κ1) is 45.9. The summed E-state index contributed by atoms with van der Waals surface area (Å²) in [4.78, 5) is 0. The zero-order valence-corrected chi connectivity index (χ0v) is 37.2. The number of aryl methyl sites for hydroxylation is 4. The summed E-state index contributed by atoms with van der Waals surface area (Å²) < 4.78 is 3.01. The summed E-state index contributed by atoms with van der Waals surface area (Å²) >= 11 is 3.11. The standard InChI is InChI=1S/2C15H13.2C5H5.2C3H6.2ClH.2Zr/c2*1-10-3-5-14-12(7-10)9-13-8-11(2)4-6-15(13)14;2*1-2-4-5-3-1;2*1-3-2;;;;/h2*3-7H,9H2,1-2H3;2*1-3H,4H2;2*1-2H3;2*1H;;/q4*-1;;;;;2*+2/p-2. The van der Waals surface area contributed by atoms with Crippen molar-refractivity contribution in [3.05, 3.63) is 166 Å². The van der Waals surface area contributed by atoms with Crippen LogP contribution in [0.5, 0.6) is 0 Å². The number of benzene rings is 4. The summed E-state index contributed by atoms with van der Waals surface area (Å²) in [5, 5.41) is 0. The molecule has 0 aromatic heterocycles. The van der Waals surface area contributed by atoms with Gasteiger partial charge in [0.2, 0.25) is 0 Å². The van der Waals surface area contributed by atoms with E-state index >= 15 is 0 Å². The van der Waals surface area contributed by atoms with Gasteiger partial charge in [0.25, 0.3) is 0 Å². The number of halogens is 2. The summed E-state index contributed by atoms with van der Waals surface area (Å²) in [5.41, 5.74) is 16.3. The SMILES string of the molecule is C[C](C)=[Zr+2].C[C](C)=[Zr+2].Cc1[c-]c2c(cc1)-c1ccc(C)cc1C2.Cc1[c-]c2c(cc1)-c1ccc(C)cc1C2.[C-]1=CC=CC1.[C-]1=CC=CC1.[Cl-].[Cl-]. The summed E-state index contributed by atoms with van der Waals surface area (Å²) in [6.07, 6.45) is 22.1. The number of allylic oxidation sites excluding steroid dienone is 8. The molecule has 0 atom stereocenters. The Hall–Kier alpha value is -2.07. The van der Waals surface area contributed by atoms with Gasteiger partial charge in [0.1, 0.15) is 0 Å². The van der Waals surface area contributed by atoms with Gasteiger partial charge < -0.3 is 24.8 Å². The minimum Gasteiger partial charge on any atom is -1.00 e. The molecule has 4 aliphatic carbocycles. The molecule has 0 heterocycles. The number of fused-ring (bicyclic) bond motifs is 6. The molecule has 0 spiro atoms. The fourth-order valence-corrected chi connectivity index (χ4v) is 5.42. The van der Waals surface area contributed by atoms with Gasteiger partial charge in [-0.05, 0) is 37.8 Å². The summed E-state index contributed by atoms with van der Waals surface area (Å²) in [5.74, 6) is 0. The molecule has 0 unspecified atom stereocenters. The third kappa shape index (κ3) is 16.1. The molecule has 4 aromatic rings. The Labute approximate surface area is 345 Å². The Morgan fingerprint density at radius 3 is 1.14 bits per heavy atom. The van der Waals surface area contributed by atoms with Crippen LogP contribution < -0.4 is 24.8 Å². The largest absolute Gasteiger partial charge is 1.00 e. The fraction of sp³-hybridized carbons (Fsp3) is 0.261. The maximum absolute atomic E-state index is 3.45. The Bertz CT molecular complexity index is 1580. The molecule has 0 N–H and O–H groups in total. The topological polar surface area (TPSA) is 0 Å². The smallest absolute Gasteiger partial charge is 0.0253 e. The molecule has 0 aliphatic heterocycles. The fourth-order valence-electron chi connectivity index (χ4n) is 5.42. The molecular weight excluding hydrogens is 806 g/mol. The molecule has 0 bridgehead atoms. The van der Waals surface area contributed by atoms with Crippen molar-refractivity contribution in [1.29, 1.82) is 0 Å². The van der Waals surface area contributed by atoms with E-state index in [0.717, 1.165) is 25.7 Å². The molecule has 50 heavy (non-hydrogen) atoms. The quantitative estimate of drug-likeness (QED) is 0.179. The molecule has 0 saturated carbocycles.